The Hall–Kier alpha value is -3.11. The van der Waals surface area contributed by atoms with Crippen LogP contribution in [0.5, 0.6) is 5.75 Å². The van der Waals surface area contributed by atoms with Gasteiger partial charge in [0, 0.05) is 10.8 Å². The van der Waals surface area contributed by atoms with E-state index in [1.54, 1.807) is 30.3 Å². The van der Waals surface area contributed by atoms with Gasteiger partial charge in [0.1, 0.15) is 11.8 Å². The molecule has 0 aliphatic carbocycles. The number of nitriles is 2. The van der Waals surface area contributed by atoms with Gasteiger partial charge in [0.2, 0.25) is 0 Å². The molecule has 0 fully saturated rings. The van der Waals surface area contributed by atoms with Crippen molar-refractivity contribution in [2.75, 3.05) is 0 Å². The minimum atomic E-state index is -0.0567. The van der Waals surface area contributed by atoms with Gasteiger partial charge < -0.3 is 5.11 Å². The Kier molecular flexibility index (Phi) is 2.30. The van der Waals surface area contributed by atoms with E-state index in [1.807, 2.05) is 6.07 Å². The predicted molar refractivity (Wildman–Crippen MR) is 70.3 cm³/mol. The van der Waals surface area contributed by atoms with Crippen molar-refractivity contribution in [3.63, 3.8) is 0 Å². The number of phenolic OH excluding ortho intramolecular Hbond substituents is 1. The monoisotopic (exact) mass is 245 g/mol. The molecule has 1 N–H and O–H groups in total. The van der Waals surface area contributed by atoms with Gasteiger partial charge in [-0.15, -0.1) is 0 Å². The Morgan fingerprint density at radius 1 is 0.947 bits per heavy atom. The molecular weight excluding hydrogens is 238 g/mol. The van der Waals surface area contributed by atoms with Crippen molar-refractivity contribution in [2.45, 2.75) is 0 Å². The van der Waals surface area contributed by atoms with Gasteiger partial charge >= 0.3 is 0 Å². The van der Waals surface area contributed by atoms with Gasteiger partial charge in [0.15, 0.2) is 0 Å². The highest BCUT2D eigenvalue weighted by atomic mass is 16.3. The fourth-order valence-corrected chi connectivity index (χ4v) is 2.04. The van der Waals surface area contributed by atoms with Gasteiger partial charge in [0.25, 0.3) is 0 Å². The average molecular weight is 245 g/mol. The number of hydrogen-bond donors (Lipinski definition) is 1. The summed E-state index contributed by atoms with van der Waals surface area (Å²) in [5.74, 6) is -0.0567. The SMILES string of the molecule is N#Cc1ccc2cc3c(O)c(C#N)ccc3nc2c1. The first-order chi connectivity index (χ1) is 9.22. The summed E-state index contributed by atoms with van der Waals surface area (Å²) in [6.45, 7) is 0. The molecule has 0 bridgehead atoms. The summed E-state index contributed by atoms with van der Waals surface area (Å²) in [5, 5.41) is 29.1. The minimum Gasteiger partial charge on any atom is -0.506 e. The smallest absolute Gasteiger partial charge is 0.142 e. The second kappa shape index (κ2) is 3.97. The largest absolute Gasteiger partial charge is 0.506 e. The van der Waals surface area contributed by atoms with E-state index >= 15 is 0 Å². The molecule has 0 aliphatic heterocycles. The van der Waals surface area contributed by atoms with Crippen LogP contribution in [-0.2, 0) is 0 Å². The standard InChI is InChI=1S/C15H7N3O/c16-7-9-1-2-10-6-12-13(18-14(10)5-9)4-3-11(8-17)15(12)19/h1-6,19H. The van der Waals surface area contributed by atoms with E-state index in [0.717, 1.165) is 5.39 Å². The lowest BCUT2D eigenvalue weighted by Gasteiger charge is -2.05. The zero-order valence-corrected chi connectivity index (χ0v) is 9.75. The van der Waals surface area contributed by atoms with Crippen LogP contribution in [0, 0.1) is 22.7 Å². The molecule has 19 heavy (non-hydrogen) atoms. The predicted octanol–water partition coefficient (Wildman–Crippen LogP) is 2.84. The third-order valence-electron chi connectivity index (χ3n) is 3.01. The van der Waals surface area contributed by atoms with Crippen molar-refractivity contribution in [3.05, 3.63) is 47.5 Å². The second-order valence-electron chi connectivity index (χ2n) is 4.15. The quantitative estimate of drug-likeness (QED) is 0.617. The fraction of sp³-hybridized carbons (Fsp3) is 0. The zero-order chi connectivity index (χ0) is 13.4. The van der Waals surface area contributed by atoms with E-state index in [-0.39, 0.29) is 11.3 Å². The van der Waals surface area contributed by atoms with Crippen LogP contribution in [0.25, 0.3) is 21.8 Å². The molecule has 1 aromatic heterocycles. The minimum absolute atomic E-state index is 0.0567. The van der Waals surface area contributed by atoms with Crippen LogP contribution in [0.1, 0.15) is 11.1 Å². The third-order valence-corrected chi connectivity index (χ3v) is 3.01. The summed E-state index contributed by atoms with van der Waals surface area (Å²) < 4.78 is 0. The van der Waals surface area contributed by atoms with Crippen molar-refractivity contribution < 1.29 is 5.11 Å². The van der Waals surface area contributed by atoms with E-state index in [2.05, 4.69) is 11.1 Å². The van der Waals surface area contributed by atoms with Gasteiger partial charge in [-0.05, 0) is 30.3 Å². The lowest BCUT2D eigenvalue weighted by Crippen LogP contribution is -1.86. The molecule has 3 aromatic rings. The maximum absolute atomic E-state index is 9.99. The number of phenols is 1. The number of pyridine rings is 1. The molecule has 1 heterocycles. The lowest BCUT2D eigenvalue weighted by molar-refractivity contribution is 0.480. The number of aromatic nitrogens is 1. The Balaban J connectivity index is 2.42. The van der Waals surface area contributed by atoms with Crippen molar-refractivity contribution in [3.8, 4) is 17.9 Å². The topological polar surface area (TPSA) is 80.7 Å². The van der Waals surface area contributed by atoms with Crippen LogP contribution < -0.4 is 0 Å². The van der Waals surface area contributed by atoms with E-state index in [0.29, 0.717) is 22.0 Å². The molecule has 4 heteroatoms. The van der Waals surface area contributed by atoms with E-state index in [4.69, 9.17) is 10.5 Å². The lowest BCUT2D eigenvalue weighted by atomic mass is 10.1. The highest BCUT2D eigenvalue weighted by molar-refractivity contribution is 5.97. The summed E-state index contributed by atoms with van der Waals surface area (Å²) in [6.07, 6.45) is 0. The number of benzene rings is 2. The van der Waals surface area contributed by atoms with Crippen LogP contribution >= 0.6 is 0 Å². The zero-order valence-electron chi connectivity index (χ0n) is 9.75. The molecule has 0 saturated heterocycles. The maximum atomic E-state index is 9.99. The first kappa shape index (κ1) is 11.0. The Morgan fingerprint density at radius 3 is 2.53 bits per heavy atom. The van der Waals surface area contributed by atoms with E-state index in [1.165, 1.54) is 6.07 Å². The van der Waals surface area contributed by atoms with Crippen LogP contribution in [0.2, 0.25) is 0 Å². The summed E-state index contributed by atoms with van der Waals surface area (Å²) in [5.41, 5.74) is 2.05. The number of hydrogen-bond acceptors (Lipinski definition) is 4. The summed E-state index contributed by atoms with van der Waals surface area (Å²) >= 11 is 0. The van der Waals surface area contributed by atoms with Crippen LogP contribution in [-0.4, -0.2) is 10.1 Å². The molecule has 2 aromatic carbocycles. The van der Waals surface area contributed by atoms with Gasteiger partial charge in [-0.3, -0.25) is 0 Å². The molecule has 0 unspecified atom stereocenters. The Bertz CT molecular complexity index is 901. The first-order valence-corrected chi connectivity index (χ1v) is 5.59. The maximum Gasteiger partial charge on any atom is 0.142 e. The number of aromatic hydroxyl groups is 1. The fourth-order valence-electron chi connectivity index (χ4n) is 2.04. The van der Waals surface area contributed by atoms with Crippen LogP contribution in [0.15, 0.2) is 36.4 Å². The highest BCUT2D eigenvalue weighted by Gasteiger charge is 2.08. The van der Waals surface area contributed by atoms with Crippen molar-refractivity contribution in [1.82, 2.24) is 4.98 Å². The van der Waals surface area contributed by atoms with E-state index in [9.17, 15) is 5.11 Å². The molecular formula is C15H7N3O. The number of nitrogens with zero attached hydrogens (tertiary/aromatic N) is 3. The molecule has 0 amide bonds. The van der Waals surface area contributed by atoms with Gasteiger partial charge in [-0.2, -0.15) is 10.5 Å². The third kappa shape index (κ3) is 1.64. The molecule has 88 valence electrons. The number of fused-ring (bicyclic) bond motifs is 2. The van der Waals surface area contributed by atoms with Crippen LogP contribution in [0.4, 0.5) is 0 Å². The van der Waals surface area contributed by atoms with Crippen molar-refractivity contribution in [2.24, 2.45) is 0 Å². The van der Waals surface area contributed by atoms with Gasteiger partial charge in [-0.25, -0.2) is 4.98 Å². The first-order valence-electron chi connectivity index (χ1n) is 5.59. The molecule has 0 spiro atoms. The molecule has 0 aliphatic rings. The van der Waals surface area contributed by atoms with E-state index < -0.39 is 0 Å². The molecule has 0 saturated carbocycles. The Labute approximate surface area is 108 Å². The summed E-state index contributed by atoms with van der Waals surface area (Å²) in [6, 6.07) is 14.2. The summed E-state index contributed by atoms with van der Waals surface area (Å²) in [7, 11) is 0. The highest BCUT2D eigenvalue weighted by Crippen LogP contribution is 2.30. The van der Waals surface area contributed by atoms with Crippen molar-refractivity contribution >= 4 is 21.8 Å². The van der Waals surface area contributed by atoms with Gasteiger partial charge in [0.05, 0.1) is 28.2 Å². The summed E-state index contributed by atoms with van der Waals surface area (Å²) in [4.78, 5) is 4.40. The molecule has 4 nitrogen and oxygen atoms in total. The normalized spacial score (nSPS) is 10.2. The van der Waals surface area contributed by atoms with Crippen LogP contribution in [0.3, 0.4) is 0 Å². The van der Waals surface area contributed by atoms with Crippen molar-refractivity contribution in [1.29, 1.82) is 10.5 Å². The average Bonchev–Trinajstić information content (AvgIpc) is 2.45. The van der Waals surface area contributed by atoms with Gasteiger partial charge in [-0.1, -0.05) is 6.07 Å². The molecule has 0 radical (unpaired) electrons. The molecule has 3 rings (SSSR count). The number of rotatable bonds is 0. The molecule has 0 atom stereocenters. The Morgan fingerprint density at radius 2 is 1.79 bits per heavy atom. The second-order valence-corrected chi connectivity index (χ2v) is 4.15.